The number of nitrogens with zero attached hydrogens (tertiary/aromatic N) is 2. The van der Waals surface area contributed by atoms with Crippen LogP contribution in [0.3, 0.4) is 0 Å². The Balaban J connectivity index is 2.06. The molecule has 1 fully saturated rings. The van der Waals surface area contributed by atoms with E-state index in [0.717, 1.165) is 29.2 Å². The molecule has 2 rings (SSSR count). The average Bonchev–Trinajstić information content (AvgIpc) is 2.48. The predicted octanol–water partition coefficient (Wildman–Crippen LogP) is 2.26. The topological polar surface area (TPSA) is 29.9 Å². The van der Waals surface area contributed by atoms with Gasteiger partial charge in [-0.1, -0.05) is 0 Å². The number of aryl methyl sites for hydroxylation is 1. The van der Waals surface area contributed by atoms with Crippen molar-refractivity contribution in [3.63, 3.8) is 0 Å². The van der Waals surface area contributed by atoms with Gasteiger partial charge in [-0.15, -0.1) is 0 Å². The molecule has 0 amide bonds. The zero-order valence-corrected chi connectivity index (χ0v) is 11.0. The largest absolute Gasteiger partial charge is 0.316 e. The van der Waals surface area contributed by atoms with E-state index in [1.54, 1.807) is 0 Å². The molecule has 3 nitrogen and oxygen atoms in total. The van der Waals surface area contributed by atoms with Crippen molar-refractivity contribution in [3.05, 3.63) is 15.9 Å². The van der Waals surface area contributed by atoms with Crippen LogP contribution in [0.5, 0.6) is 0 Å². The van der Waals surface area contributed by atoms with E-state index in [1.165, 1.54) is 25.1 Å². The Kier molecular flexibility index (Phi) is 3.46. The molecular formula is C11H18BrN3. The van der Waals surface area contributed by atoms with E-state index in [-0.39, 0.29) is 0 Å². The molecule has 1 aliphatic heterocycles. The zero-order valence-electron chi connectivity index (χ0n) is 9.39. The number of hydrogen-bond donors (Lipinski definition) is 1. The lowest BCUT2D eigenvalue weighted by Gasteiger charge is -2.23. The molecule has 0 saturated carbocycles. The molecule has 1 aromatic rings. The summed E-state index contributed by atoms with van der Waals surface area (Å²) < 4.78 is 3.29. The van der Waals surface area contributed by atoms with Gasteiger partial charge < -0.3 is 5.32 Å². The molecule has 1 N–H and O–H groups in total. The summed E-state index contributed by atoms with van der Waals surface area (Å²) in [6.07, 6.45) is 2.62. The van der Waals surface area contributed by atoms with Gasteiger partial charge in [0.2, 0.25) is 0 Å². The lowest BCUT2D eigenvalue weighted by molar-refractivity contribution is 0.322. The van der Waals surface area contributed by atoms with E-state index in [2.05, 4.69) is 38.0 Å². The highest BCUT2D eigenvalue weighted by Gasteiger charge is 2.16. The average molecular weight is 272 g/mol. The number of nitrogens with one attached hydrogen (secondary N) is 1. The van der Waals surface area contributed by atoms with Gasteiger partial charge in [-0.2, -0.15) is 5.10 Å². The Bertz CT molecular complexity index is 340. The zero-order chi connectivity index (χ0) is 10.8. The summed E-state index contributed by atoms with van der Waals surface area (Å²) in [5.41, 5.74) is 2.34. The number of piperidine rings is 1. The summed E-state index contributed by atoms with van der Waals surface area (Å²) in [5.74, 6) is 0.739. The SMILES string of the molecule is Cc1nn(CC2CCCNC2)c(C)c1Br. The van der Waals surface area contributed by atoms with E-state index >= 15 is 0 Å². The molecule has 0 aliphatic carbocycles. The van der Waals surface area contributed by atoms with E-state index in [0.29, 0.717) is 0 Å². The van der Waals surface area contributed by atoms with Crippen LogP contribution >= 0.6 is 15.9 Å². The second-order valence-corrected chi connectivity index (χ2v) is 5.17. The maximum absolute atomic E-state index is 4.55. The minimum Gasteiger partial charge on any atom is -0.316 e. The van der Waals surface area contributed by atoms with E-state index in [9.17, 15) is 0 Å². The maximum Gasteiger partial charge on any atom is 0.0738 e. The second-order valence-electron chi connectivity index (χ2n) is 4.38. The van der Waals surface area contributed by atoms with Crippen LogP contribution in [0.1, 0.15) is 24.2 Å². The first-order valence-corrected chi connectivity index (χ1v) is 6.38. The molecule has 1 aliphatic rings. The molecule has 0 bridgehead atoms. The fourth-order valence-corrected chi connectivity index (χ4v) is 2.46. The molecule has 0 radical (unpaired) electrons. The highest BCUT2D eigenvalue weighted by atomic mass is 79.9. The minimum atomic E-state index is 0.739. The first-order chi connectivity index (χ1) is 7.18. The molecule has 2 heterocycles. The summed E-state index contributed by atoms with van der Waals surface area (Å²) in [4.78, 5) is 0. The van der Waals surface area contributed by atoms with Crippen molar-refractivity contribution < 1.29 is 0 Å². The van der Waals surface area contributed by atoms with Crippen LogP contribution in [0.4, 0.5) is 0 Å². The molecular weight excluding hydrogens is 254 g/mol. The first-order valence-electron chi connectivity index (χ1n) is 5.58. The summed E-state index contributed by atoms with van der Waals surface area (Å²) in [6.45, 7) is 7.53. The van der Waals surface area contributed by atoms with E-state index < -0.39 is 0 Å². The van der Waals surface area contributed by atoms with Gasteiger partial charge in [-0.05, 0) is 61.6 Å². The van der Waals surface area contributed by atoms with Gasteiger partial charge in [0.05, 0.1) is 10.2 Å². The third kappa shape index (κ3) is 2.42. The molecule has 84 valence electrons. The lowest BCUT2D eigenvalue weighted by Crippen LogP contribution is -2.32. The van der Waals surface area contributed by atoms with Crippen molar-refractivity contribution in [1.29, 1.82) is 0 Å². The molecule has 1 atom stereocenters. The van der Waals surface area contributed by atoms with Crippen molar-refractivity contribution in [1.82, 2.24) is 15.1 Å². The van der Waals surface area contributed by atoms with E-state index in [1.807, 2.05) is 6.92 Å². The summed E-state index contributed by atoms with van der Waals surface area (Å²) in [5, 5.41) is 7.99. The Labute approximate surface area is 99.4 Å². The van der Waals surface area contributed by atoms with Gasteiger partial charge in [0.15, 0.2) is 0 Å². The fraction of sp³-hybridized carbons (Fsp3) is 0.727. The monoisotopic (exact) mass is 271 g/mol. The normalized spacial score (nSPS) is 21.9. The molecule has 15 heavy (non-hydrogen) atoms. The Hall–Kier alpha value is -0.350. The number of aromatic nitrogens is 2. The molecule has 1 aromatic heterocycles. The Morgan fingerprint density at radius 3 is 2.87 bits per heavy atom. The van der Waals surface area contributed by atoms with Gasteiger partial charge in [0.1, 0.15) is 0 Å². The van der Waals surface area contributed by atoms with Gasteiger partial charge >= 0.3 is 0 Å². The highest BCUT2D eigenvalue weighted by Crippen LogP contribution is 2.21. The number of hydrogen-bond acceptors (Lipinski definition) is 2. The minimum absolute atomic E-state index is 0.739. The number of halogens is 1. The van der Waals surface area contributed by atoms with Crippen LogP contribution in [0.2, 0.25) is 0 Å². The predicted molar refractivity (Wildman–Crippen MR) is 65.0 cm³/mol. The maximum atomic E-state index is 4.55. The van der Waals surface area contributed by atoms with Crippen LogP contribution in [-0.2, 0) is 6.54 Å². The standard InChI is InChI=1S/C11H18BrN3/c1-8-11(12)9(2)15(14-8)7-10-4-3-5-13-6-10/h10,13H,3-7H2,1-2H3. The van der Waals surface area contributed by atoms with Crippen LogP contribution in [0.25, 0.3) is 0 Å². The Morgan fingerprint density at radius 1 is 1.53 bits per heavy atom. The third-order valence-electron chi connectivity index (χ3n) is 3.12. The molecule has 1 unspecified atom stereocenters. The van der Waals surface area contributed by atoms with Gasteiger partial charge in [0, 0.05) is 12.2 Å². The van der Waals surface area contributed by atoms with Crippen molar-refractivity contribution in [2.24, 2.45) is 5.92 Å². The van der Waals surface area contributed by atoms with Gasteiger partial charge in [-0.25, -0.2) is 0 Å². The first kappa shape index (κ1) is 11.1. The van der Waals surface area contributed by atoms with E-state index in [4.69, 9.17) is 0 Å². The van der Waals surface area contributed by atoms with Crippen molar-refractivity contribution in [3.8, 4) is 0 Å². The summed E-state index contributed by atoms with van der Waals surface area (Å²) in [7, 11) is 0. The van der Waals surface area contributed by atoms with Crippen LogP contribution in [0, 0.1) is 19.8 Å². The second kappa shape index (κ2) is 4.66. The summed E-state index contributed by atoms with van der Waals surface area (Å²) >= 11 is 3.57. The quantitative estimate of drug-likeness (QED) is 0.895. The Morgan fingerprint density at radius 2 is 2.33 bits per heavy atom. The van der Waals surface area contributed by atoms with Gasteiger partial charge in [-0.3, -0.25) is 4.68 Å². The van der Waals surface area contributed by atoms with Crippen LogP contribution < -0.4 is 5.32 Å². The highest BCUT2D eigenvalue weighted by molar-refractivity contribution is 9.10. The lowest BCUT2D eigenvalue weighted by atomic mass is 10.00. The van der Waals surface area contributed by atoms with Crippen molar-refractivity contribution >= 4 is 15.9 Å². The molecule has 0 aromatic carbocycles. The molecule has 1 saturated heterocycles. The van der Waals surface area contributed by atoms with Crippen LogP contribution in [-0.4, -0.2) is 22.9 Å². The molecule has 4 heteroatoms. The smallest absolute Gasteiger partial charge is 0.0738 e. The van der Waals surface area contributed by atoms with Crippen LogP contribution in [0.15, 0.2) is 4.47 Å². The number of rotatable bonds is 2. The van der Waals surface area contributed by atoms with Crippen molar-refractivity contribution in [2.75, 3.05) is 13.1 Å². The third-order valence-corrected chi connectivity index (χ3v) is 4.27. The molecule has 0 spiro atoms. The van der Waals surface area contributed by atoms with Gasteiger partial charge in [0.25, 0.3) is 0 Å². The fourth-order valence-electron chi connectivity index (χ4n) is 2.18. The van der Waals surface area contributed by atoms with Crippen molar-refractivity contribution in [2.45, 2.75) is 33.2 Å². The summed E-state index contributed by atoms with van der Waals surface area (Å²) in [6, 6.07) is 0.